The van der Waals surface area contributed by atoms with Crippen LogP contribution in [0.1, 0.15) is 32.6 Å². The molecule has 0 aromatic heterocycles. The Kier molecular flexibility index (Phi) is 8.52. The molecule has 0 aliphatic rings. The Morgan fingerprint density at radius 2 is 2.00 bits per heavy atom. The van der Waals surface area contributed by atoms with Gasteiger partial charge in [-0.2, -0.15) is 0 Å². The number of esters is 1. The van der Waals surface area contributed by atoms with Crippen LogP contribution in [0.15, 0.2) is 0 Å². The van der Waals surface area contributed by atoms with Crippen LogP contribution >= 0.6 is 0 Å². The fourth-order valence-electron chi connectivity index (χ4n) is 1.53. The van der Waals surface area contributed by atoms with E-state index in [1.54, 1.807) is 0 Å². The Morgan fingerprint density at radius 1 is 1.37 bits per heavy atom. The third-order valence-electron chi connectivity index (χ3n) is 2.88. The molecule has 0 spiro atoms. The molecule has 4 N–H and O–H groups in total. The molecule has 7 heteroatoms. The second-order valence-corrected chi connectivity index (χ2v) is 4.29. The first-order valence-electron chi connectivity index (χ1n) is 6.23. The minimum atomic E-state index is -1.17. The molecule has 7 nitrogen and oxygen atoms in total. The Bertz CT molecular complexity index is 315. The van der Waals surface area contributed by atoms with Gasteiger partial charge in [0, 0.05) is 12.8 Å². The molecule has 0 aliphatic carbocycles. The van der Waals surface area contributed by atoms with Gasteiger partial charge in [-0.1, -0.05) is 13.3 Å². The second kappa shape index (κ2) is 9.32. The zero-order chi connectivity index (χ0) is 14.8. The zero-order valence-electron chi connectivity index (χ0n) is 11.3. The molecule has 0 saturated heterocycles. The molecule has 0 heterocycles. The first kappa shape index (κ1) is 17.4. The highest BCUT2D eigenvalue weighted by Gasteiger charge is 2.22. The van der Waals surface area contributed by atoms with Gasteiger partial charge in [-0.25, -0.2) is 4.79 Å². The summed E-state index contributed by atoms with van der Waals surface area (Å²) in [7, 11) is 1.23. The van der Waals surface area contributed by atoms with Crippen molar-refractivity contribution in [2.24, 2.45) is 11.7 Å². The molecule has 0 rings (SSSR count). The van der Waals surface area contributed by atoms with Gasteiger partial charge in [-0.3, -0.25) is 9.59 Å². The number of hydrogen-bond donors (Lipinski definition) is 3. The largest absolute Gasteiger partial charge is 0.480 e. The Labute approximate surface area is 112 Å². The third-order valence-corrected chi connectivity index (χ3v) is 2.88. The topological polar surface area (TPSA) is 119 Å². The fourth-order valence-corrected chi connectivity index (χ4v) is 1.53. The van der Waals surface area contributed by atoms with Crippen molar-refractivity contribution in [1.29, 1.82) is 0 Å². The number of carbonyl (C=O) groups is 3. The number of ether oxygens (including phenoxy) is 1. The molecule has 19 heavy (non-hydrogen) atoms. The maximum atomic E-state index is 11.7. The normalized spacial score (nSPS) is 13.4. The van der Waals surface area contributed by atoms with Crippen molar-refractivity contribution in [1.82, 2.24) is 5.32 Å². The molecule has 0 bridgehead atoms. The average Bonchev–Trinajstić information content (AvgIpc) is 2.39. The Balaban J connectivity index is 4.30. The van der Waals surface area contributed by atoms with E-state index in [2.05, 4.69) is 10.1 Å². The van der Waals surface area contributed by atoms with Gasteiger partial charge in [0.05, 0.1) is 7.11 Å². The smallest absolute Gasteiger partial charge is 0.326 e. The molecule has 110 valence electrons. The number of nitrogens with one attached hydrogen (secondary N) is 1. The first-order chi connectivity index (χ1) is 8.94. The molecule has 2 unspecified atom stereocenters. The quantitative estimate of drug-likeness (QED) is 0.504. The van der Waals surface area contributed by atoms with Gasteiger partial charge in [0.15, 0.2) is 0 Å². The summed E-state index contributed by atoms with van der Waals surface area (Å²) in [6.45, 7) is 2.29. The standard InChI is InChI=1S/C12H22N2O5/c1-3-8(7-13)6-10(15)14-9(12(17)18)4-5-11(16)19-2/h8-9H,3-7,13H2,1-2H3,(H,14,15)(H,17,18). The van der Waals surface area contributed by atoms with Crippen LogP contribution in [0.5, 0.6) is 0 Å². The highest BCUT2D eigenvalue weighted by atomic mass is 16.5. The lowest BCUT2D eigenvalue weighted by Gasteiger charge is -2.16. The molecule has 0 aliphatic heterocycles. The van der Waals surface area contributed by atoms with E-state index in [0.717, 1.165) is 6.42 Å². The zero-order valence-corrected chi connectivity index (χ0v) is 11.3. The van der Waals surface area contributed by atoms with Crippen molar-refractivity contribution >= 4 is 17.8 Å². The number of carboxylic acid groups (broad SMARTS) is 1. The van der Waals surface area contributed by atoms with Gasteiger partial charge in [-0.15, -0.1) is 0 Å². The number of nitrogens with two attached hydrogens (primary N) is 1. The Morgan fingerprint density at radius 3 is 2.42 bits per heavy atom. The predicted molar refractivity (Wildman–Crippen MR) is 68.3 cm³/mol. The Hall–Kier alpha value is -1.63. The van der Waals surface area contributed by atoms with E-state index in [9.17, 15) is 14.4 Å². The predicted octanol–water partition coefficient (Wildman–Crippen LogP) is -0.116. The molecule has 0 saturated carbocycles. The van der Waals surface area contributed by atoms with E-state index in [1.807, 2.05) is 6.92 Å². The molecular weight excluding hydrogens is 252 g/mol. The number of methoxy groups -OCH3 is 1. The van der Waals surface area contributed by atoms with Crippen LogP contribution in [-0.2, 0) is 19.1 Å². The number of hydrogen-bond acceptors (Lipinski definition) is 5. The molecule has 0 radical (unpaired) electrons. The monoisotopic (exact) mass is 274 g/mol. The lowest BCUT2D eigenvalue weighted by Crippen LogP contribution is -2.42. The number of carboxylic acids is 1. The summed E-state index contributed by atoms with van der Waals surface area (Å²) in [6.07, 6.45) is 0.897. The van der Waals surface area contributed by atoms with Crippen LogP contribution in [0, 0.1) is 5.92 Å². The molecule has 2 atom stereocenters. The summed E-state index contributed by atoms with van der Waals surface area (Å²) in [5, 5.41) is 11.4. The van der Waals surface area contributed by atoms with Crippen molar-refractivity contribution < 1.29 is 24.2 Å². The van der Waals surface area contributed by atoms with E-state index in [-0.39, 0.29) is 31.1 Å². The summed E-state index contributed by atoms with van der Waals surface area (Å²) in [6, 6.07) is -1.08. The van der Waals surface area contributed by atoms with Gasteiger partial charge in [0.1, 0.15) is 6.04 Å². The third kappa shape index (κ3) is 7.40. The lowest BCUT2D eigenvalue weighted by molar-refractivity contribution is -0.144. The van der Waals surface area contributed by atoms with Crippen molar-refractivity contribution in [2.75, 3.05) is 13.7 Å². The average molecular weight is 274 g/mol. The van der Waals surface area contributed by atoms with Gasteiger partial charge in [-0.05, 0) is 18.9 Å². The molecular formula is C12H22N2O5. The lowest BCUT2D eigenvalue weighted by atomic mass is 10.0. The number of aliphatic carboxylic acids is 1. The summed E-state index contributed by atoms with van der Waals surface area (Å²) >= 11 is 0. The maximum Gasteiger partial charge on any atom is 0.326 e. The van der Waals surface area contributed by atoms with E-state index in [4.69, 9.17) is 10.8 Å². The van der Waals surface area contributed by atoms with Crippen LogP contribution in [-0.4, -0.2) is 42.6 Å². The van der Waals surface area contributed by atoms with Gasteiger partial charge >= 0.3 is 11.9 Å². The van der Waals surface area contributed by atoms with Gasteiger partial charge in [0.2, 0.25) is 5.91 Å². The van der Waals surface area contributed by atoms with Crippen LogP contribution in [0.2, 0.25) is 0 Å². The molecule has 1 amide bonds. The molecule has 0 fully saturated rings. The van der Waals surface area contributed by atoms with E-state index in [1.165, 1.54) is 7.11 Å². The highest BCUT2D eigenvalue weighted by molar-refractivity contribution is 5.84. The van der Waals surface area contributed by atoms with Crippen LogP contribution in [0.4, 0.5) is 0 Å². The van der Waals surface area contributed by atoms with Crippen LogP contribution in [0.25, 0.3) is 0 Å². The number of rotatable bonds is 9. The summed E-state index contributed by atoms with van der Waals surface area (Å²) in [5.74, 6) is -2.00. The van der Waals surface area contributed by atoms with E-state index in [0.29, 0.717) is 6.54 Å². The van der Waals surface area contributed by atoms with Gasteiger partial charge < -0.3 is 20.9 Å². The SMILES string of the molecule is CCC(CN)CC(=O)NC(CCC(=O)OC)C(=O)O. The summed E-state index contributed by atoms with van der Waals surface area (Å²) < 4.78 is 4.42. The molecule has 0 aromatic carbocycles. The van der Waals surface area contributed by atoms with Gasteiger partial charge in [0.25, 0.3) is 0 Å². The maximum absolute atomic E-state index is 11.7. The summed E-state index contributed by atoms with van der Waals surface area (Å²) in [5.41, 5.74) is 5.48. The van der Waals surface area contributed by atoms with E-state index >= 15 is 0 Å². The minimum Gasteiger partial charge on any atom is -0.480 e. The van der Waals surface area contributed by atoms with Crippen LogP contribution in [0.3, 0.4) is 0 Å². The number of carbonyl (C=O) groups excluding carboxylic acids is 2. The van der Waals surface area contributed by atoms with E-state index < -0.39 is 18.0 Å². The fraction of sp³-hybridized carbons (Fsp3) is 0.750. The summed E-state index contributed by atoms with van der Waals surface area (Å²) in [4.78, 5) is 33.6. The van der Waals surface area contributed by atoms with Crippen molar-refractivity contribution in [3.05, 3.63) is 0 Å². The van der Waals surface area contributed by atoms with Crippen molar-refractivity contribution in [3.8, 4) is 0 Å². The van der Waals surface area contributed by atoms with Crippen molar-refractivity contribution in [3.63, 3.8) is 0 Å². The second-order valence-electron chi connectivity index (χ2n) is 4.29. The van der Waals surface area contributed by atoms with Crippen LogP contribution < -0.4 is 11.1 Å². The number of amides is 1. The highest BCUT2D eigenvalue weighted by Crippen LogP contribution is 2.07. The molecule has 0 aromatic rings. The minimum absolute atomic E-state index is 0.00711. The first-order valence-corrected chi connectivity index (χ1v) is 6.23. The van der Waals surface area contributed by atoms with Crippen molar-refractivity contribution in [2.45, 2.75) is 38.6 Å².